The maximum atomic E-state index is 12.0. The van der Waals surface area contributed by atoms with E-state index in [4.69, 9.17) is 17.3 Å². The first-order valence-corrected chi connectivity index (χ1v) is 7.95. The molecule has 1 saturated carbocycles. The van der Waals surface area contributed by atoms with E-state index in [1.165, 1.54) is 0 Å². The van der Waals surface area contributed by atoms with E-state index in [1.807, 2.05) is 26.0 Å². The van der Waals surface area contributed by atoms with Crippen LogP contribution in [-0.4, -0.2) is 18.0 Å². The highest BCUT2D eigenvalue weighted by Crippen LogP contribution is 2.30. The zero-order valence-corrected chi connectivity index (χ0v) is 13.4. The fourth-order valence-corrected chi connectivity index (χ4v) is 2.95. The number of halogens is 1. The standard InChI is InChI=1S/C16H24ClN3O/c1-10(2)19-16(21)11-3-6-13(7-4-11)20-15-9-12(17)5-8-14(15)18/h5,8-11,13,20H,3-4,6-7,18H2,1-2H3,(H,19,21)/t11-,13+. The molecule has 21 heavy (non-hydrogen) atoms. The van der Waals surface area contributed by atoms with Crippen LogP contribution in [0.4, 0.5) is 11.4 Å². The number of rotatable bonds is 4. The fourth-order valence-electron chi connectivity index (χ4n) is 2.78. The zero-order chi connectivity index (χ0) is 15.4. The summed E-state index contributed by atoms with van der Waals surface area (Å²) in [7, 11) is 0. The Morgan fingerprint density at radius 1 is 1.29 bits per heavy atom. The van der Waals surface area contributed by atoms with Crippen molar-refractivity contribution in [3.8, 4) is 0 Å². The molecular weight excluding hydrogens is 286 g/mol. The first kappa shape index (κ1) is 16.0. The Morgan fingerprint density at radius 2 is 1.95 bits per heavy atom. The Labute approximate surface area is 131 Å². The molecule has 4 nitrogen and oxygen atoms in total. The van der Waals surface area contributed by atoms with Crippen LogP contribution in [0.3, 0.4) is 0 Å². The highest BCUT2D eigenvalue weighted by atomic mass is 35.5. The van der Waals surface area contributed by atoms with E-state index in [2.05, 4.69) is 10.6 Å². The summed E-state index contributed by atoms with van der Waals surface area (Å²) in [6, 6.07) is 6.02. The molecule has 1 fully saturated rings. The van der Waals surface area contributed by atoms with Crippen LogP contribution < -0.4 is 16.4 Å². The molecule has 1 aromatic rings. The molecule has 1 amide bonds. The van der Waals surface area contributed by atoms with Gasteiger partial charge in [0.25, 0.3) is 0 Å². The molecule has 4 N–H and O–H groups in total. The van der Waals surface area contributed by atoms with Crippen molar-refractivity contribution >= 4 is 28.9 Å². The molecule has 1 aliphatic carbocycles. The van der Waals surface area contributed by atoms with Gasteiger partial charge in [-0.25, -0.2) is 0 Å². The normalized spacial score (nSPS) is 22.1. The van der Waals surface area contributed by atoms with Crippen molar-refractivity contribution in [2.75, 3.05) is 11.1 Å². The van der Waals surface area contributed by atoms with Gasteiger partial charge in [-0.2, -0.15) is 0 Å². The van der Waals surface area contributed by atoms with Crippen LogP contribution in [0.25, 0.3) is 0 Å². The van der Waals surface area contributed by atoms with Gasteiger partial charge in [-0.1, -0.05) is 11.6 Å². The quantitative estimate of drug-likeness (QED) is 0.747. The number of carbonyl (C=O) groups is 1. The Balaban J connectivity index is 1.87. The lowest BCUT2D eigenvalue weighted by atomic mass is 9.85. The Bertz CT molecular complexity index is 496. The Morgan fingerprint density at radius 3 is 2.57 bits per heavy atom. The summed E-state index contributed by atoms with van der Waals surface area (Å²) in [6.45, 7) is 3.99. The summed E-state index contributed by atoms with van der Waals surface area (Å²) in [4.78, 5) is 12.0. The van der Waals surface area contributed by atoms with Crippen LogP contribution in [-0.2, 0) is 4.79 Å². The lowest BCUT2D eigenvalue weighted by Gasteiger charge is -2.30. The number of benzene rings is 1. The topological polar surface area (TPSA) is 67.2 Å². The van der Waals surface area contributed by atoms with Gasteiger partial charge in [0.15, 0.2) is 0 Å². The molecule has 0 radical (unpaired) electrons. The molecule has 0 saturated heterocycles. The van der Waals surface area contributed by atoms with Gasteiger partial charge in [0, 0.05) is 23.0 Å². The summed E-state index contributed by atoms with van der Waals surface area (Å²) < 4.78 is 0. The van der Waals surface area contributed by atoms with E-state index in [0.717, 1.165) is 31.4 Å². The predicted molar refractivity (Wildman–Crippen MR) is 88.5 cm³/mol. The maximum absolute atomic E-state index is 12.0. The van der Waals surface area contributed by atoms with Gasteiger partial charge in [0.1, 0.15) is 0 Å². The van der Waals surface area contributed by atoms with E-state index in [9.17, 15) is 4.79 Å². The summed E-state index contributed by atoms with van der Waals surface area (Å²) in [5.74, 6) is 0.327. The number of amides is 1. The van der Waals surface area contributed by atoms with Crippen LogP contribution >= 0.6 is 11.6 Å². The smallest absolute Gasteiger partial charge is 0.223 e. The van der Waals surface area contributed by atoms with Crippen LogP contribution in [0.5, 0.6) is 0 Å². The van der Waals surface area contributed by atoms with Crippen LogP contribution in [0.1, 0.15) is 39.5 Å². The molecule has 0 atom stereocenters. The first-order chi connectivity index (χ1) is 9.95. The number of hydrogen-bond acceptors (Lipinski definition) is 3. The number of nitrogens with two attached hydrogens (primary N) is 1. The zero-order valence-electron chi connectivity index (χ0n) is 12.7. The van der Waals surface area contributed by atoms with Crippen molar-refractivity contribution in [1.29, 1.82) is 0 Å². The molecule has 1 aromatic carbocycles. The van der Waals surface area contributed by atoms with E-state index in [1.54, 1.807) is 6.07 Å². The van der Waals surface area contributed by atoms with E-state index >= 15 is 0 Å². The molecule has 0 heterocycles. The molecule has 116 valence electrons. The lowest BCUT2D eigenvalue weighted by Crippen LogP contribution is -2.38. The van der Waals surface area contributed by atoms with Crippen LogP contribution in [0.2, 0.25) is 5.02 Å². The van der Waals surface area contributed by atoms with Gasteiger partial charge in [0.2, 0.25) is 5.91 Å². The summed E-state index contributed by atoms with van der Waals surface area (Å²) in [5, 5.41) is 7.12. The minimum absolute atomic E-state index is 0.141. The van der Waals surface area contributed by atoms with Crippen LogP contribution in [0, 0.1) is 5.92 Å². The minimum atomic E-state index is 0.141. The lowest BCUT2D eigenvalue weighted by molar-refractivity contribution is -0.126. The SMILES string of the molecule is CC(C)NC(=O)[C@H]1CC[C@@H](Nc2cc(Cl)ccc2N)CC1. The number of hydrogen-bond donors (Lipinski definition) is 3. The number of carbonyl (C=O) groups excluding carboxylic acids is 1. The van der Waals surface area contributed by atoms with E-state index < -0.39 is 0 Å². The van der Waals surface area contributed by atoms with Gasteiger partial charge in [0.05, 0.1) is 11.4 Å². The molecule has 1 aliphatic rings. The molecule has 0 bridgehead atoms. The van der Waals surface area contributed by atoms with Gasteiger partial charge < -0.3 is 16.4 Å². The van der Waals surface area contributed by atoms with Gasteiger partial charge in [-0.15, -0.1) is 0 Å². The second-order valence-corrected chi connectivity index (χ2v) is 6.52. The monoisotopic (exact) mass is 309 g/mol. The highest BCUT2D eigenvalue weighted by molar-refractivity contribution is 6.31. The third kappa shape index (κ3) is 4.53. The van der Waals surface area contributed by atoms with E-state index in [0.29, 0.717) is 16.8 Å². The van der Waals surface area contributed by atoms with Crippen molar-refractivity contribution in [2.24, 2.45) is 5.92 Å². The molecular formula is C16H24ClN3O. The van der Waals surface area contributed by atoms with Crippen molar-refractivity contribution in [1.82, 2.24) is 5.32 Å². The summed E-state index contributed by atoms with van der Waals surface area (Å²) in [5.41, 5.74) is 7.55. The molecule has 2 rings (SSSR count). The second-order valence-electron chi connectivity index (χ2n) is 6.09. The summed E-state index contributed by atoms with van der Waals surface area (Å²) >= 11 is 6.00. The second kappa shape index (κ2) is 7.03. The van der Waals surface area contributed by atoms with Crippen molar-refractivity contribution < 1.29 is 4.79 Å². The number of nitrogens with one attached hydrogen (secondary N) is 2. The van der Waals surface area contributed by atoms with Crippen molar-refractivity contribution in [3.63, 3.8) is 0 Å². The van der Waals surface area contributed by atoms with Crippen molar-refractivity contribution in [2.45, 2.75) is 51.6 Å². The van der Waals surface area contributed by atoms with Crippen molar-refractivity contribution in [3.05, 3.63) is 23.2 Å². The first-order valence-electron chi connectivity index (χ1n) is 7.57. The van der Waals surface area contributed by atoms with Gasteiger partial charge in [-0.3, -0.25) is 4.79 Å². The molecule has 5 heteroatoms. The Hall–Kier alpha value is -1.42. The third-order valence-corrected chi connectivity index (χ3v) is 4.14. The summed E-state index contributed by atoms with van der Waals surface area (Å²) in [6.07, 6.45) is 3.78. The third-order valence-electron chi connectivity index (χ3n) is 3.90. The Kier molecular flexibility index (Phi) is 5.34. The average Bonchev–Trinajstić information content (AvgIpc) is 2.43. The fraction of sp³-hybridized carbons (Fsp3) is 0.562. The molecule has 0 spiro atoms. The number of anilines is 2. The van der Waals surface area contributed by atoms with Gasteiger partial charge >= 0.3 is 0 Å². The molecule has 0 aliphatic heterocycles. The highest BCUT2D eigenvalue weighted by Gasteiger charge is 2.26. The molecule has 0 unspecified atom stereocenters. The minimum Gasteiger partial charge on any atom is -0.397 e. The van der Waals surface area contributed by atoms with Crippen LogP contribution in [0.15, 0.2) is 18.2 Å². The number of nitrogen functional groups attached to an aromatic ring is 1. The van der Waals surface area contributed by atoms with Gasteiger partial charge in [-0.05, 0) is 57.7 Å². The average molecular weight is 310 g/mol. The predicted octanol–water partition coefficient (Wildman–Crippen LogP) is 3.42. The maximum Gasteiger partial charge on any atom is 0.223 e. The van der Waals surface area contributed by atoms with E-state index in [-0.39, 0.29) is 17.9 Å². The largest absolute Gasteiger partial charge is 0.397 e. The molecule has 0 aromatic heterocycles.